The Morgan fingerprint density at radius 2 is 1.77 bits per heavy atom. The third-order valence-electron chi connectivity index (χ3n) is 4.09. The molecule has 1 aromatic rings. The quantitative estimate of drug-likeness (QED) is 0.851. The first-order chi connectivity index (χ1) is 10.6. The molecule has 1 aliphatic heterocycles. The van der Waals surface area contributed by atoms with Crippen molar-refractivity contribution in [2.45, 2.75) is 26.2 Å². The van der Waals surface area contributed by atoms with Gasteiger partial charge in [-0.1, -0.05) is 18.2 Å². The molecular formula is C17H24N2O3. The van der Waals surface area contributed by atoms with Crippen molar-refractivity contribution in [3.8, 4) is 5.75 Å². The van der Waals surface area contributed by atoms with Crippen molar-refractivity contribution in [1.29, 1.82) is 0 Å². The average molecular weight is 304 g/mol. The van der Waals surface area contributed by atoms with E-state index < -0.39 is 0 Å². The van der Waals surface area contributed by atoms with E-state index in [2.05, 4.69) is 0 Å². The molecule has 5 heteroatoms. The Kier molecular flexibility index (Phi) is 5.81. The van der Waals surface area contributed by atoms with Crippen molar-refractivity contribution in [2.24, 2.45) is 0 Å². The van der Waals surface area contributed by atoms with Gasteiger partial charge in [0, 0.05) is 39.5 Å². The molecule has 0 N–H and O–H groups in total. The van der Waals surface area contributed by atoms with E-state index in [0.29, 0.717) is 25.9 Å². The molecule has 0 aromatic heterocycles. The minimum Gasteiger partial charge on any atom is -0.496 e. The molecule has 120 valence electrons. The van der Waals surface area contributed by atoms with Crippen LogP contribution >= 0.6 is 0 Å². The third-order valence-corrected chi connectivity index (χ3v) is 4.09. The molecule has 0 saturated carbocycles. The van der Waals surface area contributed by atoms with E-state index >= 15 is 0 Å². The van der Waals surface area contributed by atoms with E-state index in [4.69, 9.17) is 4.74 Å². The molecule has 5 nitrogen and oxygen atoms in total. The van der Waals surface area contributed by atoms with Crippen LogP contribution in [0.1, 0.15) is 25.3 Å². The molecule has 1 aromatic carbocycles. The van der Waals surface area contributed by atoms with Crippen LogP contribution in [-0.4, -0.2) is 54.9 Å². The fourth-order valence-electron chi connectivity index (χ4n) is 2.79. The molecular weight excluding hydrogens is 280 g/mol. The number of rotatable bonds is 4. The van der Waals surface area contributed by atoms with Crippen molar-refractivity contribution < 1.29 is 14.3 Å². The van der Waals surface area contributed by atoms with Crippen LogP contribution in [-0.2, 0) is 16.0 Å². The van der Waals surface area contributed by atoms with Crippen molar-refractivity contribution >= 4 is 11.8 Å². The summed E-state index contributed by atoms with van der Waals surface area (Å²) >= 11 is 0. The number of ether oxygens (including phenoxy) is 1. The second kappa shape index (κ2) is 7.82. The lowest BCUT2D eigenvalue weighted by atomic mass is 10.1. The van der Waals surface area contributed by atoms with Crippen molar-refractivity contribution in [3.63, 3.8) is 0 Å². The number of carbonyl (C=O) groups excluding carboxylic acids is 2. The molecule has 0 spiro atoms. The zero-order valence-electron chi connectivity index (χ0n) is 13.4. The Hall–Kier alpha value is -2.04. The number of carbonyl (C=O) groups is 2. The first kappa shape index (κ1) is 16.3. The minimum atomic E-state index is 0.0864. The Bertz CT molecular complexity index is 530. The fraction of sp³-hybridized carbons (Fsp3) is 0.529. The Morgan fingerprint density at radius 3 is 2.50 bits per heavy atom. The van der Waals surface area contributed by atoms with Crippen molar-refractivity contribution in [2.75, 3.05) is 33.3 Å². The van der Waals surface area contributed by atoms with E-state index in [1.807, 2.05) is 34.1 Å². The second-order valence-electron chi connectivity index (χ2n) is 5.55. The number of para-hydroxylation sites is 1. The lowest BCUT2D eigenvalue weighted by Gasteiger charge is -2.21. The molecule has 1 aliphatic rings. The minimum absolute atomic E-state index is 0.0864. The Labute approximate surface area is 131 Å². The summed E-state index contributed by atoms with van der Waals surface area (Å²) in [5.41, 5.74) is 1.05. The zero-order valence-corrected chi connectivity index (χ0v) is 13.4. The van der Waals surface area contributed by atoms with Crippen LogP contribution in [0.5, 0.6) is 5.75 Å². The summed E-state index contributed by atoms with van der Waals surface area (Å²) in [6.07, 6.45) is 2.00. The summed E-state index contributed by atoms with van der Waals surface area (Å²) in [7, 11) is 1.64. The number of hydrogen-bond acceptors (Lipinski definition) is 3. The molecule has 0 bridgehead atoms. The summed E-state index contributed by atoms with van der Waals surface area (Å²) in [6, 6.07) is 7.79. The largest absolute Gasteiger partial charge is 0.496 e. The molecule has 1 saturated heterocycles. The van der Waals surface area contributed by atoms with Crippen molar-refractivity contribution in [1.82, 2.24) is 9.80 Å². The van der Waals surface area contributed by atoms with Gasteiger partial charge in [-0.3, -0.25) is 9.59 Å². The van der Waals surface area contributed by atoms with Gasteiger partial charge < -0.3 is 14.5 Å². The predicted molar refractivity (Wildman–Crippen MR) is 84.8 cm³/mol. The van der Waals surface area contributed by atoms with Crippen LogP contribution in [0.15, 0.2) is 24.3 Å². The van der Waals surface area contributed by atoms with Gasteiger partial charge in [0.2, 0.25) is 11.8 Å². The van der Waals surface area contributed by atoms with Gasteiger partial charge in [0.25, 0.3) is 0 Å². The maximum absolute atomic E-state index is 12.4. The molecule has 1 fully saturated rings. The van der Waals surface area contributed by atoms with E-state index in [-0.39, 0.29) is 11.8 Å². The summed E-state index contributed by atoms with van der Waals surface area (Å²) in [4.78, 5) is 27.5. The van der Waals surface area contributed by atoms with Gasteiger partial charge in [-0.2, -0.15) is 0 Å². The number of aryl methyl sites for hydroxylation is 1. The van der Waals surface area contributed by atoms with Gasteiger partial charge in [-0.25, -0.2) is 0 Å². The van der Waals surface area contributed by atoms with Gasteiger partial charge >= 0.3 is 0 Å². The number of amides is 2. The number of nitrogens with zero attached hydrogens (tertiary/aromatic N) is 2. The highest BCUT2D eigenvalue weighted by atomic mass is 16.5. The topological polar surface area (TPSA) is 49.9 Å². The highest BCUT2D eigenvalue weighted by Gasteiger charge is 2.20. The third kappa shape index (κ3) is 4.23. The highest BCUT2D eigenvalue weighted by molar-refractivity contribution is 5.77. The predicted octanol–water partition coefficient (Wildman–Crippen LogP) is 1.71. The second-order valence-corrected chi connectivity index (χ2v) is 5.55. The van der Waals surface area contributed by atoms with Crippen LogP contribution in [0.3, 0.4) is 0 Å². The smallest absolute Gasteiger partial charge is 0.222 e. The molecule has 0 aliphatic carbocycles. The summed E-state index contributed by atoms with van der Waals surface area (Å²) in [6.45, 7) is 4.32. The van der Waals surface area contributed by atoms with Crippen LogP contribution in [0.2, 0.25) is 0 Å². The van der Waals surface area contributed by atoms with E-state index in [1.54, 1.807) is 14.0 Å². The molecule has 1 heterocycles. The molecule has 2 amide bonds. The first-order valence-corrected chi connectivity index (χ1v) is 7.77. The van der Waals surface area contributed by atoms with E-state index in [0.717, 1.165) is 30.8 Å². The molecule has 2 rings (SSSR count). The lowest BCUT2D eigenvalue weighted by Crippen LogP contribution is -2.36. The fourth-order valence-corrected chi connectivity index (χ4v) is 2.79. The molecule has 0 atom stereocenters. The van der Waals surface area contributed by atoms with Gasteiger partial charge in [0.05, 0.1) is 7.11 Å². The first-order valence-electron chi connectivity index (χ1n) is 7.77. The van der Waals surface area contributed by atoms with Gasteiger partial charge in [0.1, 0.15) is 5.75 Å². The summed E-state index contributed by atoms with van der Waals surface area (Å²) in [5.74, 6) is 1.06. The molecule has 22 heavy (non-hydrogen) atoms. The Balaban J connectivity index is 1.88. The lowest BCUT2D eigenvalue weighted by molar-refractivity contribution is -0.132. The van der Waals surface area contributed by atoms with Crippen LogP contribution in [0.25, 0.3) is 0 Å². The zero-order chi connectivity index (χ0) is 15.9. The normalized spacial score (nSPS) is 15.4. The number of hydrogen-bond donors (Lipinski definition) is 0. The van der Waals surface area contributed by atoms with E-state index in [9.17, 15) is 9.59 Å². The SMILES string of the molecule is COc1ccccc1CCC(=O)N1CCCN(C(C)=O)CC1. The van der Waals surface area contributed by atoms with Crippen LogP contribution in [0, 0.1) is 0 Å². The standard InChI is InChI=1S/C17H24N2O3/c1-14(20)18-10-5-11-19(13-12-18)17(21)9-8-15-6-3-4-7-16(15)22-2/h3-4,6-7H,5,8-13H2,1-2H3. The van der Waals surface area contributed by atoms with Crippen LogP contribution < -0.4 is 4.74 Å². The van der Waals surface area contributed by atoms with Gasteiger partial charge in [0.15, 0.2) is 0 Å². The van der Waals surface area contributed by atoms with Crippen LogP contribution in [0.4, 0.5) is 0 Å². The maximum atomic E-state index is 12.4. The van der Waals surface area contributed by atoms with Gasteiger partial charge in [-0.15, -0.1) is 0 Å². The highest BCUT2D eigenvalue weighted by Crippen LogP contribution is 2.19. The summed E-state index contributed by atoms with van der Waals surface area (Å²) in [5, 5.41) is 0. The maximum Gasteiger partial charge on any atom is 0.222 e. The Morgan fingerprint density at radius 1 is 1.09 bits per heavy atom. The molecule has 0 unspecified atom stereocenters. The van der Waals surface area contributed by atoms with Crippen molar-refractivity contribution in [3.05, 3.63) is 29.8 Å². The number of benzene rings is 1. The molecule has 0 radical (unpaired) electrons. The average Bonchev–Trinajstić information content (AvgIpc) is 2.79. The monoisotopic (exact) mass is 304 g/mol. The van der Waals surface area contributed by atoms with E-state index in [1.165, 1.54) is 0 Å². The summed E-state index contributed by atoms with van der Waals surface area (Å²) < 4.78 is 5.31. The van der Waals surface area contributed by atoms with Gasteiger partial charge in [-0.05, 0) is 24.5 Å². The number of methoxy groups -OCH3 is 1.